The van der Waals surface area contributed by atoms with Crippen molar-refractivity contribution in [2.24, 2.45) is 0 Å². The molecule has 0 rings (SSSR count). The van der Waals surface area contributed by atoms with E-state index in [1.165, 1.54) is 83.2 Å². The second-order valence-corrected chi connectivity index (χ2v) is 11.7. The molecule has 0 aromatic rings. The zero-order chi connectivity index (χ0) is 15.8. The van der Waals surface area contributed by atoms with Gasteiger partial charge in [0.1, 0.15) is 0 Å². The fourth-order valence-corrected chi connectivity index (χ4v) is 7.73. The summed E-state index contributed by atoms with van der Waals surface area (Å²) >= 11 is 0. The van der Waals surface area contributed by atoms with E-state index in [1.54, 1.807) is 18.5 Å². The Kier molecular flexibility index (Phi) is 19.9. The third-order valence-electron chi connectivity index (χ3n) is 5.13. The molecule has 0 saturated heterocycles. The molecule has 1 N–H and O–H groups in total. The summed E-state index contributed by atoms with van der Waals surface area (Å²) in [6.45, 7) is 9.50. The van der Waals surface area contributed by atoms with Crippen LogP contribution < -0.4 is 0 Å². The summed E-state index contributed by atoms with van der Waals surface area (Å²) in [6, 6.07) is 0. The van der Waals surface area contributed by atoms with Crippen LogP contribution in [0.1, 0.15) is 105 Å². The Morgan fingerprint density at radius 2 is 0.773 bits per heavy atom. The SMILES string of the molecule is CCCCCC[P+](CC)(CCCCCC)CCCCCC.[OH-]. The summed E-state index contributed by atoms with van der Waals surface area (Å²) in [5.74, 6) is 0. The van der Waals surface area contributed by atoms with Crippen molar-refractivity contribution >= 4 is 7.26 Å². The van der Waals surface area contributed by atoms with Gasteiger partial charge in [0.15, 0.2) is 0 Å². The first-order chi connectivity index (χ1) is 10.2. The maximum absolute atomic E-state index is 2.51. The standard InChI is InChI=1S/C20H44P.H2O/c1-5-9-12-15-18-21(8-4,19-16-13-10-6-2)20-17-14-11-7-3;/h5-20H2,1-4H3;1H2/q+1;/p-1. The Bertz CT molecular complexity index is 175. The van der Waals surface area contributed by atoms with Crippen molar-refractivity contribution in [3.8, 4) is 0 Å². The first kappa shape index (κ1) is 24.6. The molecule has 0 unspecified atom stereocenters. The molecule has 0 fully saturated rings. The monoisotopic (exact) mass is 332 g/mol. The topological polar surface area (TPSA) is 30.0 Å². The molecule has 136 valence electrons. The number of unbranched alkanes of at least 4 members (excludes halogenated alkanes) is 9. The van der Waals surface area contributed by atoms with Crippen molar-refractivity contribution in [3.05, 3.63) is 0 Å². The second-order valence-electron chi connectivity index (χ2n) is 7.01. The van der Waals surface area contributed by atoms with Crippen LogP contribution in [0.15, 0.2) is 0 Å². The lowest BCUT2D eigenvalue weighted by Crippen LogP contribution is -2.11. The van der Waals surface area contributed by atoms with E-state index in [4.69, 9.17) is 0 Å². The Morgan fingerprint density at radius 3 is 1.00 bits per heavy atom. The molecule has 0 aliphatic rings. The number of hydrogen-bond donors (Lipinski definition) is 0. The van der Waals surface area contributed by atoms with Crippen molar-refractivity contribution in [2.75, 3.05) is 24.6 Å². The minimum absolute atomic E-state index is 0. The van der Waals surface area contributed by atoms with Crippen LogP contribution in [-0.4, -0.2) is 30.1 Å². The van der Waals surface area contributed by atoms with Gasteiger partial charge in [0, 0.05) is 7.26 Å². The average molecular weight is 333 g/mol. The summed E-state index contributed by atoms with van der Waals surface area (Å²) in [5, 5.41) is 0. The van der Waals surface area contributed by atoms with Gasteiger partial charge in [0.05, 0.1) is 24.6 Å². The van der Waals surface area contributed by atoms with Crippen molar-refractivity contribution in [1.82, 2.24) is 0 Å². The molecule has 2 heteroatoms. The van der Waals surface area contributed by atoms with E-state index in [0.717, 1.165) is 0 Å². The van der Waals surface area contributed by atoms with Crippen molar-refractivity contribution in [3.63, 3.8) is 0 Å². The molecular weight excluding hydrogens is 287 g/mol. The van der Waals surface area contributed by atoms with Crippen LogP contribution in [0.25, 0.3) is 0 Å². The molecule has 0 aliphatic heterocycles. The van der Waals surface area contributed by atoms with Gasteiger partial charge in [-0.25, -0.2) is 0 Å². The van der Waals surface area contributed by atoms with E-state index < -0.39 is 7.26 Å². The molecule has 0 spiro atoms. The zero-order valence-electron chi connectivity index (χ0n) is 16.2. The molecule has 0 radical (unpaired) electrons. The normalized spacial score (nSPS) is 11.5. The van der Waals surface area contributed by atoms with E-state index in [-0.39, 0.29) is 5.48 Å². The van der Waals surface area contributed by atoms with Crippen LogP contribution in [0.3, 0.4) is 0 Å². The minimum atomic E-state index is -0.598. The van der Waals surface area contributed by atoms with E-state index in [0.29, 0.717) is 0 Å². The van der Waals surface area contributed by atoms with Crippen LogP contribution in [0.5, 0.6) is 0 Å². The van der Waals surface area contributed by atoms with Gasteiger partial charge in [-0.15, -0.1) is 0 Å². The minimum Gasteiger partial charge on any atom is -0.870 e. The third-order valence-corrected chi connectivity index (χ3v) is 10.3. The van der Waals surface area contributed by atoms with Crippen LogP contribution in [0, 0.1) is 0 Å². The van der Waals surface area contributed by atoms with Gasteiger partial charge in [0.2, 0.25) is 0 Å². The van der Waals surface area contributed by atoms with Crippen molar-refractivity contribution in [1.29, 1.82) is 0 Å². The van der Waals surface area contributed by atoms with Crippen LogP contribution in [-0.2, 0) is 0 Å². The predicted molar refractivity (Wildman–Crippen MR) is 106 cm³/mol. The molecule has 22 heavy (non-hydrogen) atoms. The Morgan fingerprint density at radius 1 is 0.455 bits per heavy atom. The fraction of sp³-hybridized carbons (Fsp3) is 1.00. The van der Waals surface area contributed by atoms with E-state index in [2.05, 4.69) is 27.7 Å². The van der Waals surface area contributed by atoms with Gasteiger partial charge in [-0.1, -0.05) is 59.3 Å². The molecule has 0 aromatic carbocycles. The summed E-state index contributed by atoms with van der Waals surface area (Å²) in [4.78, 5) is 0. The molecule has 0 aliphatic carbocycles. The molecule has 0 heterocycles. The smallest absolute Gasteiger partial charge is 0.0594 e. The average Bonchev–Trinajstić information content (AvgIpc) is 2.51. The lowest BCUT2D eigenvalue weighted by atomic mass is 10.2. The highest BCUT2D eigenvalue weighted by Crippen LogP contribution is 2.60. The van der Waals surface area contributed by atoms with Crippen LogP contribution >= 0.6 is 7.26 Å². The highest BCUT2D eigenvalue weighted by Gasteiger charge is 2.33. The van der Waals surface area contributed by atoms with Gasteiger partial charge < -0.3 is 5.48 Å². The van der Waals surface area contributed by atoms with E-state index in [1.807, 2.05) is 0 Å². The van der Waals surface area contributed by atoms with Gasteiger partial charge >= 0.3 is 0 Å². The van der Waals surface area contributed by atoms with Gasteiger partial charge in [-0.05, 0) is 45.4 Å². The van der Waals surface area contributed by atoms with E-state index in [9.17, 15) is 0 Å². The molecule has 0 aromatic heterocycles. The largest absolute Gasteiger partial charge is 0.870 e. The molecule has 0 amide bonds. The van der Waals surface area contributed by atoms with Crippen molar-refractivity contribution in [2.45, 2.75) is 105 Å². The highest BCUT2D eigenvalue weighted by molar-refractivity contribution is 7.75. The maximum Gasteiger partial charge on any atom is 0.0594 e. The molecular formula is C20H45OP. The summed E-state index contributed by atoms with van der Waals surface area (Å²) < 4.78 is 0. The zero-order valence-corrected chi connectivity index (χ0v) is 17.1. The lowest BCUT2D eigenvalue weighted by Gasteiger charge is -2.27. The Balaban J connectivity index is 0. The maximum atomic E-state index is 2.51. The van der Waals surface area contributed by atoms with Gasteiger partial charge in [-0.2, -0.15) is 0 Å². The van der Waals surface area contributed by atoms with Gasteiger partial charge in [0.25, 0.3) is 0 Å². The summed E-state index contributed by atoms with van der Waals surface area (Å²) in [5.41, 5.74) is 0. The lowest BCUT2D eigenvalue weighted by molar-refractivity contribution is 0.683. The Labute approximate surface area is 142 Å². The quantitative estimate of drug-likeness (QED) is 0.211. The highest BCUT2D eigenvalue weighted by atomic mass is 31.2. The first-order valence-electron chi connectivity index (χ1n) is 10.1. The Hall–Kier alpha value is 0.390. The number of rotatable bonds is 16. The molecule has 0 saturated carbocycles. The fourth-order valence-electron chi connectivity index (χ4n) is 3.43. The predicted octanol–water partition coefficient (Wildman–Crippen LogP) is 7.59. The summed E-state index contributed by atoms with van der Waals surface area (Å²) in [7, 11) is -0.598. The van der Waals surface area contributed by atoms with Gasteiger partial charge in [-0.3, -0.25) is 0 Å². The third kappa shape index (κ3) is 12.9. The molecule has 0 atom stereocenters. The second kappa shape index (κ2) is 17.7. The number of hydrogen-bond acceptors (Lipinski definition) is 1. The van der Waals surface area contributed by atoms with Crippen LogP contribution in [0.4, 0.5) is 0 Å². The van der Waals surface area contributed by atoms with E-state index >= 15 is 0 Å². The van der Waals surface area contributed by atoms with Crippen LogP contribution in [0.2, 0.25) is 0 Å². The molecule has 1 nitrogen and oxygen atoms in total. The molecule has 0 bridgehead atoms. The van der Waals surface area contributed by atoms with Crippen molar-refractivity contribution < 1.29 is 5.48 Å². The summed E-state index contributed by atoms with van der Waals surface area (Å²) in [6.07, 6.45) is 23.9. The first-order valence-corrected chi connectivity index (χ1v) is 12.6.